The summed E-state index contributed by atoms with van der Waals surface area (Å²) < 4.78 is 29.0. The van der Waals surface area contributed by atoms with Crippen molar-refractivity contribution in [3.05, 3.63) is 6.92 Å². The van der Waals surface area contributed by atoms with Crippen molar-refractivity contribution in [2.24, 2.45) is 0 Å². The first kappa shape index (κ1) is 15.7. The van der Waals surface area contributed by atoms with Crippen molar-refractivity contribution in [3.63, 3.8) is 0 Å². The first-order valence-electron chi connectivity index (χ1n) is 3.04. The second-order valence-corrected chi connectivity index (χ2v) is 4.28. The first-order valence-corrected chi connectivity index (χ1v) is 5.44. The van der Waals surface area contributed by atoms with Gasteiger partial charge in [-0.2, -0.15) is 4.21 Å². The third-order valence-corrected chi connectivity index (χ3v) is 1.02. The fraction of sp³-hybridized carbons (Fsp3) is 0.800. The minimum absolute atomic E-state index is 0. The van der Waals surface area contributed by atoms with Gasteiger partial charge in [-0.25, -0.2) is 0 Å². The molecule has 0 bridgehead atoms. The van der Waals surface area contributed by atoms with Crippen molar-refractivity contribution in [2.75, 3.05) is 6.61 Å². The zero-order valence-electron chi connectivity index (χ0n) is 6.93. The molecule has 1 heterocycles. The molecule has 1 atom stereocenters. The van der Waals surface area contributed by atoms with E-state index in [0.717, 1.165) is 13.0 Å². The molecule has 1 unspecified atom stereocenters. The Morgan fingerprint density at radius 1 is 1.58 bits per heavy atom. The first-order chi connectivity index (χ1) is 4.89. The van der Waals surface area contributed by atoms with Crippen molar-refractivity contribution in [3.8, 4) is 0 Å². The fourth-order valence-electron chi connectivity index (χ4n) is 0.644. The predicted octanol–water partition coefficient (Wildman–Crippen LogP) is -2.32. The molecule has 0 aromatic carbocycles. The van der Waals surface area contributed by atoms with Gasteiger partial charge in [-0.3, -0.25) is 9.11 Å². The van der Waals surface area contributed by atoms with E-state index in [1.54, 1.807) is 0 Å². The molecule has 0 amide bonds. The molecule has 1 fully saturated rings. The van der Waals surface area contributed by atoms with Gasteiger partial charge in [0.05, 0.1) is 0 Å². The topological polar surface area (TPSA) is 66.8 Å². The third kappa shape index (κ3) is 17.4. The van der Waals surface area contributed by atoms with Gasteiger partial charge in [0.1, 0.15) is 0 Å². The van der Waals surface area contributed by atoms with E-state index < -0.39 is 9.05 Å². The minimum Gasteiger partial charge on any atom is -0.410 e. The van der Waals surface area contributed by atoms with Gasteiger partial charge < -0.3 is 11.7 Å². The standard InChI is InChI=1S/C5H9O.Na.H2O3S2/c1-5-3-2-4-6-5;;1-5(2,3)4/h5H,1-4H2;;(H2,1,2,3,4)/q-1;+1;. The Labute approximate surface area is 99.7 Å². The van der Waals surface area contributed by atoms with E-state index in [9.17, 15) is 0 Å². The SMILES string of the molecule is O=S(O)(O)=S.[CH2-]C1CCCO1.[Na+]. The molecule has 7 heteroatoms. The van der Waals surface area contributed by atoms with E-state index >= 15 is 0 Å². The van der Waals surface area contributed by atoms with Gasteiger partial charge in [0, 0.05) is 17.8 Å². The third-order valence-electron chi connectivity index (χ3n) is 1.02. The zero-order valence-corrected chi connectivity index (χ0v) is 10.6. The summed E-state index contributed by atoms with van der Waals surface area (Å²) in [5, 5.41) is 0. The van der Waals surface area contributed by atoms with Gasteiger partial charge in [-0.1, -0.05) is 12.5 Å². The van der Waals surface area contributed by atoms with Gasteiger partial charge in [-0.05, 0) is 6.42 Å². The fourth-order valence-corrected chi connectivity index (χ4v) is 0.644. The van der Waals surface area contributed by atoms with Crippen LogP contribution < -0.4 is 29.6 Å². The van der Waals surface area contributed by atoms with E-state index in [1.807, 2.05) is 0 Å². The van der Waals surface area contributed by atoms with Crippen LogP contribution in [0.25, 0.3) is 0 Å². The summed E-state index contributed by atoms with van der Waals surface area (Å²) in [6.07, 6.45) is 2.65. The molecule has 0 aliphatic carbocycles. The van der Waals surface area contributed by atoms with Crippen molar-refractivity contribution in [1.82, 2.24) is 0 Å². The van der Waals surface area contributed by atoms with Crippen LogP contribution in [0.15, 0.2) is 0 Å². The summed E-state index contributed by atoms with van der Waals surface area (Å²) in [5.41, 5.74) is 0. The zero-order chi connectivity index (χ0) is 8.91. The second kappa shape index (κ2) is 7.64. The Hall–Kier alpha value is 1.25. The summed E-state index contributed by atoms with van der Waals surface area (Å²) in [5.74, 6) is 0. The van der Waals surface area contributed by atoms with Crippen LogP contribution in [0.1, 0.15) is 12.8 Å². The Balaban J connectivity index is 0. The molecule has 0 aromatic rings. The molecule has 4 nitrogen and oxygen atoms in total. The van der Waals surface area contributed by atoms with Crippen molar-refractivity contribution >= 4 is 20.2 Å². The molecular formula is C5H11NaO4S2. The number of hydrogen-bond donors (Lipinski definition) is 2. The molecule has 1 saturated heterocycles. The average Bonchev–Trinajstić information content (AvgIpc) is 2.12. The number of rotatable bonds is 0. The summed E-state index contributed by atoms with van der Waals surface area (Å²) >= 11 is 3.47. The van der Waals surface area contributed by atoms with Crippen LogP contribution in [-0.4, -0.2) is 26.0 Å². The molecule has 2 N–H and O–H groups in total. The van der Waals surface area contributed by atoms with Crippen molar-refractivity contribution in [2.45, 2.75) is 18.9 Å². The van der Waals surface area contributed by atoms with Crippen LogP contribution in [0.3, 0.4) is 0 Å². The van der Waals surface area contributed by atoms with Crippen molar-refractivity contribution in [1.29, 1.82) is 0 Å². The Kier molecular flexibility index (Phi) is 10.00. The molecule has 0 aromatic heterocycles. The molecule has 1 rings (SSSR count). The van der Waals surface area contributed by atoms with E-state index in [4.69, 9.17) is 18.1 Å². The largest absolute Gasteiger partial charge is 1.00 e. The molecule has 1 aliphatic heterocycles. The maximum atomic E-state index is 9.11. The quantitative estimate of drug-likeness (QED) is 0.356. The molecule has 68 valence electrons. The van der Waals surface area contributed by atoms with Crippen LogP contribution in [0, 0.1) is 6.92 Å². The molecule has 0 spiro atoms. The summed E-state index contributed by atoms with van der Waals surface area (Å²) in [4.78, 5) is 0. The second-order valence-electron chi connectivity index (χ2n) is 2.08. The molecule has 12 heavy (non-hydrogen) atoms. The molecule has 1 aliphatic rings. The van der Waals surface area contributed by atoms with E-state index in [-0.39, 0.29) is 29.6 Å². The monoisotopic (exact) mass is 222 g/mol. The summed E-state index contributed by atoms with van der Waals surface area (Å²) in [7, 11) is -3.83. The molecule has 0 saturated carbocycles. The minimum atomic E-state index is -3.83. The Morgan fingerprint density at radius 3 is 2.08 bits per heavy atom. The normalized spacial score (nSPS) is 22.1. The predicted molar refractivity (Wildman–Crippen MR) is 45.1 cm³/mol. The maximum absolute atomic E-state index is 9.11. The number of hydrogen-bond acceptors (Lipinski definition) is 3. The van der Waals surface area contributed by atoms with Crippen molar-refractivity contribution < 1.29 is 47.6 Å². The molecular weight excluding hydrogens is 211 g/mol. The van der Waals surface area contributed by atoms with Gasteiger partial charge in [-0.15, -0.1) is 0 Å². The van der Waals surface area contributed by atoms with E-state index in [2.05, 4.69) is 18.1 Å². The average molecular weight is 222 g/mol. The van der Waals surface area contributed by atoms with Crippen LogP contribution in [0.5, 0.6) is 0 Å². The summed E-state index contributed by atoms with van der Waals surface area (Å²) in [6, 6.07) is 0. The smallest absolute Gasteiger partial charge is 0.410 e. The van der Waals surface area contributed by atoms with E-state index in [1.165, 1.54) is 6.42 Å². The maximum Gasteiger partial charge on any atom is 1.00 e. The molecule has 0 radical (unpaired) electrons. The van der Waals surface area contributed by atoms with Crippen LogP contribution in [0.2, 0.25) is 0 Å². The van der Waals surface area contributed by atoms with E-state index in [0.29, 0.717) is 6.10 Å². The Morgan fingerprint density at radius 2 is 2.00 bits per heavy atom. The van der Waals surface area contributed by atoms with Gasteiger partial charge >= 0.3 is 29.6 Å². The summed E-state index contributed by atoms with van der Waals surface area (Å²) in [6.45, 7) is 4.64. The van der Waals surface area contributed by atoms with Crippen LogP contribution in [-0.2, 0) is 25.0 Å². The Bertz CT molecular complexity index is 178. The number of ether oxygens (including phenoxy) is 1. The van der Waals surface area contributed by atoms with Gasteiger partial charge in [0.15, 0.2) is 0 Å². The van der Waals surface area contributed by atoms with Crippen LogP contribution >= 0.6 is 0 Å². The van der Waals surface area contributed by atoms with Gasteiger partial charge in [0.25, 0.3) is 9.05 Å². The van der Waals surface area contributed by atoms with Gasteiger partial charge in [0.2, 0.25) is 0 Å². The van der Waals surface area contributed by atoms with Crippen LogP contribution in [0.4, 0.5) is 0 Å².